The van der Waals surface area contributed by atoms with Crippen LogP contribution in [0.4, 0.5) is 0 Å². The van der Waals surface area contributed by atoms with E-state index in [0.717, 1.165) is 40.8 Å². The molecule has 2 heteroatoms. The maximum absolute atomic E-state index is 4.63. The van der Waals surface area contributed by atoms with Crippen LogP contribution in [0.1, 0.15) is 23.1 Å². The van der Waals surface area contributed by atoms with Crippen LogP contribution in [0.5, 0.6) is 0 Å². The molecule has 0 unspecified atom stereocenters. The molecule has 204 valence electrons. The van der Waals surface area contributed by atoms with Crippen molar-refractivity contribution < 1.29 is 0 Å². The molecule has 0 spiro atoms. The first-order valence-electron chi connectivity index (χ1n) is 15.0. The van der Waals surface area contributed by atoms with Gasteiger partial charge < -0.3 is 0 Å². The van der Waals surface area contributed by atoms with E-state index in [-0.39, 0.29) is 0 Å². The summed E-state index contributed by atoms with van der Waals surface area (Å²) in [5.74, 6) is 0. The van der Waals surface area contributed by atoms with Crippen molar-refractivity contribution in [2.24, 2.45) is 0 Å². The van der Waals surface area contributed by atoms with Crippen molar-refractivity contribution in [3.63, 3.8) is 0 Å². The molecule has 2 nitrogen and oxygen atoms in total. The predicted molar refractivity (Wildman–Crippen MR) is 181 cm³/mol. The minimum absolute atomic E-state index is 0.932. The lowest BCUT2D eigenvalue weighted by Crippen LogP contribution is -1.96. The molecular formula is C41H30N2. The Morgan fingerprint density at radius 1 is 0.535 bits per heavy atom. The number of aryl methyl sites for hydroxylation is 2. The highest BCUT2D eigenvalue weighted by atomic mass is 14.7. The van der Waals surface area contributed by atoms with E-state index < -0.39 is 0 Å². The van der Waals surface area contributed by atoms with E-state index in [4.69, 9.17) is 0 Å². The van der Waals surface area contributed by atoms with Gasteiger partial charge in [0, 0.05) is 29.7 Å². The van der Waals surface area contributed by atoms with Crippen LogP contribution < -0.4 is 0 Å². The molecule has 0 atom stereocenters. The summed E-state index contributed by atoms with van der Waals surface area (Å²) in [6, 6.07) is 40.0. The highest BCUT2D eigenvalue weighted by molar-refractivity contribution is 6.21. The number of hydrogen-bond donors (Lipinski definition) is 0. The summed E-state index contributed by atoms with van der Waals surface area (Å²) in [4.78, 5) is 9.22. The summed E-state index contributed by atoms with van der Waals surface area (Å²) in [6.45, 7) is 2.06. The number of hydrogen-bond acceptors (Lipinski definition) is 2. The van der Waals surface area contributed by atoms with E-state index >= 15 is 0 Å². The highest BCUT2D eigenvalue weighted by Gasteiger charge is 2.18. The normalized spacial score (nSPS) is 12.5. The summed E-state index contributed by atoms with van der Waals surface area (Å²) in [6.07, 6.45) is 12.5. The molecule has 1 aliphatic carbocycles. The topological polar surface area (TPSA) is 25.8 Å². The molecule has 5 aromatic carbocycles. The Bertz CT molecular complexity index is 2130. The minimum atomic E-state index is 0.932. The first-order valence-corrected chi connectivity index (χ1v) is 15.0. The molecule has 0 radical (unpaired) electrons. The average Bonchev–Trinajstić information content (AvgIpc) is 3.07. The molecular weight excluding hydrogens is 520 g/mol. The fourth-order valence-electron chi connectivity index (χ4n) is 6.57. The van der Waals surface area contributed by atoms with Gasteiger partial charge in [-0.15, -0.1) is 0 Å². The van der Waals surface area contributed by atoms with E-state index in [1.165, 1.54) is 54.9 Å². The van der Waals surface area contributed by atoms with Gasteiger partial charge in [0.2, 0.25) is 0 Å². The summed E-state index contributed by atoms with van der Waals surface area (Å²) in [7, 11) is 0. The molecule has 0 bridgehead atoms. The quantitative estimate of drug-likeness (QED) is 0.204. The third kappa shape index (κ3) is 4.52. The predicted octanol–water partition coefficient (Wildman–Crippen LogP) is 10.7. The fourth-order valence-corrected chi connectivity index (χ4v) is 6.57. The molecule has 43 heavy (non-hydrogen) atoms. The van der Waals surface area contributed by atoms with Crippen LogP contribution >= 0.6 is 0 Å². The van der Waals surface area contributed by atoms with Gasteiger partial charge in [-0.2, -0.15) is 0 Å². The first kappa shape index (κ1) is 25.4. The van der Waals surface area contributed by atoms with Crippen molar-refractivity contribution in [3.05, 3.63) is 151 Å². The van der Waals surface area contributed by atoms with Crippen molar-refractivity contribution >= 4 is 27.6 Å². The third-order valence-corrected chi connectivity index (χ3v) is 8.67. The Morgan fingerprint density at radius 3 is 1.88 bits per heavy atom. The maximum atomic E-state index is 4.63. The standard InChI is InChI=1S/C41H30N2/c1-27-17-20-39(43-24-27)34-23-33(25-42-26-34)30-11-8-12-31(22-30)40-35-13-4-6-15-37(35)41(38-16-7-5-14-36(38)40)32-19-18-28-9-2-3-10-29(28)21-32/h2,4-9,11-26H,3,10H2,1H3. The van der Waals surface area contributed by atoms with E-state index in [9.17, 15) is 0 Å². The van der Waals surface area contributed by atoms with Gasteiger partial charge in [-0.05, 0) is 104 Å². The fraction of sp³-hybridized carbons (Fsp3) is 0.0732. The Kier molecular flexibility index (Phi) is 6.19. The van der Waals surface area contributed by atoms with Crippen molar-refractivity contribution in [1.29, 1.82) is 0 Å². The highest BCUT2D eigenvalue weighted by Crippen LogP contribution is 2.44. The summed E-state index contributed by atoms with van der Waals surface area (Å²) < 4.78 is 0. The zero-order valence-electron chi connectivity index (χ0n) is 24.1. The molecule has 0 N–H and O–H groups in total. The van der Waals surface area contributed by atoms with Crippen LogP contribution in [-0.4, -0.2) is 9.97 Å². The minimum Gasteiger partial charge on any atom is -0.263 e. The van der Waals surface area contributed by atoms with Crippen LogP contribution in [0.15, 0.2) is 134 Å². The number of fused-ring (bicyclic) bond motifs is 3. The van der Waals surface area contributed by atoms with Gasteiger partial charge in [0.05, 0.1) is 5.69 Å². The lowest BCUT2D eigenvalue weighted by atomic mass is 9.84. The molecule has 0 aliphatic heterocycles. The zero-order chi connectivity index (χ0) is 28.8. The average molecular weight is 551 g/mol. The Hall–Kier alpha value is -5.34. The van der Waals surface area contributed by atoms with Crippen molar-refractivity contribution in [2.45, 2.75) is 19.8 Å². The first-order chi connectivity index (χ1) is 21.2. The van der Waals surface area contributed by atoms with Crippen molar-refractivity contribution in [2.75, 3.05) is 0 Å². The molecule has 8 rings (SSSR count). The number of nitrogens with zero attached hydrogens (tertiary/aromatic N) is 2. The number of pyridine rings is 2. The van der Waals surface area contributed by atoms with Gasteiger partial charge in [0.1, 0.15) is 0 Å². The number of allylic oxidation sites excluding steroid dienone is 1. The second-order valence-electron chi connectivity index (χ2n) is 11.5. The smallest absolute Gasteiger partial charge is 0.0717 e. The van der Waals surface area contributed by atoms with Gasteiger partial charge in [-0.25, -0.2) is 0 Å². The summed E-state index contributed by atoms with van der Waals surface area (Å²) >= 11 is 0. The largest absolute Gasteiger partial charge is 0.263 e. The van der Waals surface area contributed by atoms with Crippen LogP contribution in [0.2, 0.25) is 0 Å². The Morgan fingerprint density at radius 2 is 1.19 bits per heavy atom. The van der Waals surface area contributed by atoms with Crippen LogP contribution in [0.3, 0.4) is 0 Å². The van der Waals surface area contributed by atoms with Gasteiger partial charge in [0.15, 0.2) is 0 Å². The van der Waals surface area contributed by atoms with E-state index in [0.29, 0.717) is 0 Å². The SMILES string of the molecule is Cc1ccc(-c2cncc(-c3cccc(-c4c5ccccc5c(-c5ccc6c(c5)CCC=C6)c5ccccc45)c3)c2)nc1. The lowest BCUT2D eigenvalue weighted by molar-refractivity contribution is 0.986. The van der Waals surface area contributed by atoms with Crippen molar-refractivity contribution in [1.82, 2.24) is 9.97 Å². The summed E-state index contributed by atoms with van der Waals surface area (Å²) in [5.41, 5.74) is 13.2. The molecule has 2 aromatic heterocycles. The molecule has 0 fully saturated rings. The van der Waals surface area contributed by atoms with E-state index in [2.05, 4.69) is 138 Å². The molecule has 1 aliphatic rings. The number of rotatable bonds is 4. The van der Waals surface area contributed by atoms with Gasteiger partial charge >= 0.3 is 0 Å². The van der Waals surface area contributed by atoms with Gasteiger partial charge in [-0.1, -0.05) is 103 Å². The second kappa shape index (κ2) is 10.5. The van der Waals surface area contributed by atoms with Crippen LogP contribution in [-0.2, 0) is 6.42 Å². The Labute approximate surface area is 252 Å². The number of benzene rings is 5. The molecule has 2 heterocycles. The Balaban J connectivity index is 1.32. The van der Waals surface area contributed by atoms with E-state index in [1.54, 1.807) is 0 Å². The van der Waals surface area contributed by atoms with Crippen LogP contribution in [0, 0.1) is 6.92 Å². The third-order valence-electron chi connectivity index (χ3n) is 8.67. The van der Waals surface area contributed by atoms with Crippen molar-refractivity contribution in [3.8, 4) is 44.6 Å². The monoisotopic (exact) mass is 550 g/mol. The molecule has 0 amide bonds. The lowest BCUT2D eigenvalue weighted by Gasteiger charge is -2.19. The van der Waals surface area contributed by atoms with Crippen LogP contribution in [0.25, 0.3) is 72.3 Å². The zero-order valence-corrected chi connectivity index (χ0v) is 24.1. The van der Waals surface area contributed by atoms with Gasteiger partial charge in [0.25, 0.3) is 0 Å². The summed E-state index contributed by atoms with van der Waals surface area (Å²) in [5, 5.41) is 5.09. The van der Waals surface area contributed by atoms with E-state index in [1.807, 2.05) is 18.6 Å². The second-order valence-corrected chi connectivity index (χ2v) is 11.5. The molecule has 7 aromatic rings. The van der Waals surface area contributed by atoms with Gasteiger partial charge in [-0.3, -0.25) is 9.97 Å². The molecule has 0 saturated heterocycles. The number of aromatic nitrogens is 2. The maximum Gasteiger partial charge on any atom is 0.0717 e. The molecule has 0 saturated carbocycles.